The Balaban J connectivity index is 5.19. The average molecular weight is 283 g/mol. The first-order chi connectivity index (χ1) is 8.35. The first-order valence-corrected chi connectivity index (χ1v) is 7.62. The van der Waals surface area contributed by atoms with Crippen LogP contribution in [0, 0.1) is 10.1 Å². The van der Waals surface area contributed by atoms with Crippen LogP contribution in [-0.2, 0) is 13.6 Å². The molecule has 0 fully saturated rings. The molecule has 0 aliphatic carbocycles. The van der Waals surface area contributed by atoms with E-state index in [9.17, 15) is 19.8 Å². The van der Waals surface area contributed by atoms with Gasteiger partial charge in [-0.3, -0.25) is 14.7 Å². The van der Waals surface area contributed by atoms with Crippen LogP contribution in [0.1, 0.15) is 40.0 Å². The molecule has 108 valence electrons. The standard InChI is InChI=1S/C10H22NO6P/c1-4-7-8-10(12,9-11(13)14)18(15,16-5-2)17-6-3/h12H,4-9H2,1-3H3. The summed E-state index contributed by atoms with van der Waals surface area (Å²) in [5.74, 6) is 0. The Morgan fingerprint density at radius 1 is 1.28 bits per heavy atom. The summed E-state index contributed by atoms with van der Waals surface area (Å²) in [4.78, 5) is 9.95. The van der Waals surface area contributed by atoms with Crippen molar-refractivity contribution in [2.45, 2.75) is 45.4 Å². The number of hydrogen-bond acceptors (Lipinski definition) is 6. The van der Waals surface area contributed by atoms with Crippen molar-refractivity contribution in [2.75, 3.05) is 19.8 Å². The molecule has 0 saturated carbocycles. The van der Waals surface area contributed by atoms with Crippen LogP contribution in [0.4, 0.5) is 0 Å². The van der Waals surface area contributed by atoms with Gasteiger partial charge in [-0.1, -0.05) is 13.3 Å². The van der Waals surface area contributed by atoms with Gasteiger partial charge in [-0.25, -0.2) is 0 Å². The second kappa shape index (κ2) is 7.84. The van der Waals surface area contributed by atoms with Gasteiger partial charge in [-0.2, -0.15) is 0 Å². The molecule has 8 heteroatoms. The molecule has 0 saturated heterocycles. The van der Waals surface area contributed by atoms with Gasteiger partial charge < -0.3 is 14.2 Å². The summed E-state index contributed by atoms with van der Waals surface area (Å²) in [5.41, 5.74) is 0. The van der Waals surface area contributed by atoms with Gasteiger partial charge in [0.15, 0.2) is 0 Å². The summed E-state index contributed by atoms with van der Waals surface area (Å²) < 4.78 is 22.5. The van der Waals surface area contributed by atoms with Gasteiger partial charge >= 0.3 is 7.60 Å². The van der Waals surface area contributed by atoms with Crippen LogP contribution in [0.15, 0.2) is 0 Å². The second-order valence-corrected chi connectivity index (χ2v) is 6.25. The van der Waals surface area contributed by atoms with Crippen LogP contribution in [0.25, 0.3) is 0 Å². The maximum Gasteiger partial charge on any atom is 0.368 e. The number of unbranched alkanes of at least 4 members (excludes halogenated alkanes) is 1. The molecule has 0 rings (SSSR count). The molecular formula is C10H22NO6P. The van der Waals surface area contributed by atoms with Gasteiger partial charge in [-0.15, -0.1) is 0 Å². The highest BCUT2D eigenvalue weighted by Crippen LogP contribution is 2.60. The quantitative estimate of drug-likeness (QED) is 0.375. The van der Waals surface area contributed by atoms with Crippen molar-refractivity contribution in [3.05, 3.63) is 10.1 Å². The number of rotatable bonds is 10. The Morgan fingerprint density at radius 3 is 2.11 bits per heavy atom. The Hall–Kier alpha value is -0.490. The van der Waals surface area contributed by atoms with Crippen LogP contribution < -0.4 is 0 Å². The summed E-state index contributed by atoms with van der Waals surface area (Å²) in [7, 11) is -3.91. The molecule has 0 bridgehead atoms. The molecule has 0 spiro atoms. The number of nitro groups is 1. The molecule has 1 N–H and O–H groups in total. The average Bonchev–Trinajstić information content (AvgIpc) is 2.26. The lowest BCUT2D eigenvalue weighted by Gasteiger charge is -2.31. The minimum Gasteiger partial charge on any atom is -0.372 e. The highest BCUT2D eigenvalue weighted by atomic mass is 31.2. The smallest absolute Gasteiger partial charge is 0.368 e. The van der Waals surface area contributed by atoms with Crippen molar-refractivity contribution in [1.82, 2.24) is 0 Å². The van der Waals surface area contributed by atoms with Gasteiger partial charge in [0.2, 0.25) is 11.9 Å². The molecule has 1 unspecified atom stereocenters. The lowest BCUT2D eigenvalue weighted by molar-refractivity contribution is -0.495. The molecule has 1 atom stereocenters. The van der Waals surface area contributed by atoms with Gasteiger partial charge in [0, 0.05) is 4.92 Å². The summed E-state index contributed by atoms with van der Waals surface area (Å²) in [6.07, 6.45) is 1.24. The largest absolute Gasteiger partial charge is 0.372 e. The first-order valence-electron chi connectivity index (χ1n) is 6.08. The Labute approximate surface area is 107 Å². The fraction of sp³-hybridized carbons (Fsp3) is 1.00. The predicted octanol–water partition coefficient (Wildman–Crippen LogP) is 2.41. The summed E-state index contributed by atoms with van der Waals surface area (Å²) in [6, 6.07) is 0. The van der Waals surface area contributed by atoms with E-state index in [4.69, 9.17) is 9.05 Å². The molecule has 0 aromatic heterocycles. The van der Waals surface area contributed by atoms with E-state index >= 15 is 0 Å². The monoisotopic (exact) mass is 283 g/mol. The normalized spacial score (nSPS) is 15.3. The van der Waals surface area contributed by atoms with Gasteiger partial charge in [0.25, 0.3) is 0 Å². The van der Waals surface area contributed by atoms with Gasteiger partial charge in [0.1, 0.15) is 0 Å². The Morgan fingerprint density at radius 2 is 1.78 bits per heavy atom. The van der Waals surface area contributed by atoms with Crippen LogP contribution >= 0.6 is 7.60 Å². The van der Waals surface area contributed by atoms with Gasteiger partial charge in [-0.05, 0) is 26.7 Å². The van der Waals surface area contributed by atoms with E-state index in [0.717, 1.165) is 6.42 Å². The maximum atomic E-state index is 12.5. The molecular weight excluding hydrogens is 261 g/mol. The van der Waals surface area contributed by atoms with Crippen molar-refractivity contribution in [1.29, 1.82) is 0 Å². The Bertz CT molecular complexity index is 301. The number of aliphatic hydroxyl groups is 1. The number of nitrogens with zero attached hydrogens (tertiary/aromatic N) is 1. The zero-order valence-electron chi connectivity index (χ0n) is 11.1. The maximum absolute atomic E-state index is 12.5. The van der Waals surface area contributed by atoms with Crippen molar-refractivity contribution in [3.8, 4) is 0 Å². The zero-order chi connectivity index (χ0) is 14.2. The first kappa shape index (κ1) is 17.5. The third-order valence-electron chi connectivity index (χ3n) is 2.42. The molecule has 0 radical (unpaired) electrons. The third kappa shape index (κ3) is 4.65. The van der Waals surface area contributed by atoms with Gasteiger partial charge in [0.05, 0.1) is 13.2 Å². The highest BCUT2D eigenvalue weighted by Gasteiger charge is 2.53. The van der Waals surface area contributed by atoms with E-state index in [1.807, 2.05) is 6.92 Å². The summed E-state index contributed by atoms with van der Waals surface area (Å²) >= 11 is 0. The van der Waals surface area contributed by atoms with E-state index < -0.39 is 24.4 Å². The molecule has 0 heterocycles. The van der Waals surface area contributed by atoms with Crippen molar-refractivity contribution in [2.24, 2.45) is 0 Å². The summed E-state index contributed by atoms with van der Waals surface area (Å²) in [6.45, 7) is 4.34. The van der Waals surface area contributed by atoms with Crippen LogP contribution in [0.5, 0.6) is 0 Å². The van der Waals surface area contributed by atoms with E-state index in [-0.39, 0.29) is 19.6 Å². The highest BCUT2D eigenvalue weighted by molar-refractivity contribution is 7.55. The molecule has 0 aliphatic heterocycles. The van der Waals surface area contributed by atoms with E-state index in [1.54, 1.807) is 13.8 Å². The molecule has 0 aromatic carbocycles. The van der Waals surface area contributed by atoms with Crippen LogP contribution in [0.3, 0.4) is 0 Å². The van der Waals surface area contributed by atoms with E-state index in [2.05, 4.69) is 0 Å². The van der Waals surface area contributed by atoms with Crippen molar-refractivity contribution >= 4 is 7.60 Å². The predicted molar refractivity (Wildman–Crippen MR) is 67.2 cm³/mol. The molecule has 7 nitrogen and oxygen atoms in total. The molecule has 0 aliphatic rings. The minimum atomic E-state index is -3.91. The minimum absolute atomic E-state index is 0.0156. The third-order valence-corrected chi connectivity index (χ3v) is 5.00. The van der Waals surface area contributed by atoms with E-state index in [0.29, 0.717) is 6.42 Å². The molecule has 18 heavy (non-hydrogen) atoms. The topological polar surface area (TPSA) is 98.9 Å². The van der Waals surface area contributed by atoms with Crippen molar-refractivity contribution in [3.63, 3.8) is 0 Å². The van der Waals surface area contributed by atoms with E-state index in [1.165, 1.54) is 0 Å². The van der Waals surface area contributed by atoms with Crippen LogP contribution in [-0.4, -0.2) is 35.1 Å². The molecule has 0 aromatic rings. The second-order valence-electron chi connectivity index (χ2n) is 3.91. The summed E-state index contributed by atoms with van der Waals surface area (Å²) in [5, 5.41) is 18.9. The SMILES string of the molecule is CCCCC(O)(C[N+](=O)[O-])P(=O)(OCC)OCC. The molecule has 0 amide bonds. The Kier molecular flexibility index (Phi) is 7.62. The van der Waals surface area contributed by atoms with Crippen LogP contribution in [0.2, 0.25) is 0 Å². The lowest BCUT2D eigenvalue weighted by Crippen LogP contribution is -2.38. The fourth-order valence-electron chi connectivity index (χ4n) is 1.59. The van der Waals surface area contributed by atoms with Crippen molar-refractivity contribution < 1.29 is 23.6 Å². The lowest BCUT2D eigenvalue weighted by atomic mass is 10.1. The zero-order valence-corrected chi connectivity index (χ0v) is 12.0. The fourth-order valence-corrected chi connectivity index (χ4v) is 3.54. The number of hydrogen-bond donors (Lipinski definition) is 1.